The van der Waals surface area contributed by atoms with Gasteiger partial charge in [-0.3, -0.25) is 4.90 Å². The number of hydrogen-bond donors (Lipinski definition) is 2. The first-order valence-corrected chi connectivity index (χ1v) is 14.8. The lowest BCUT2D eigenvalue weighted by atomic mass is 9.88. The van der Waals surface area contributed by atoms with Crippen molar-refractivity contribution in [2.75, 3.05) is 77.4 Å². The maximum absolute atomic E-state index is 13.4. The van der Waals surface area contributed by atoms with Crippen molar-refractivity contribution in [3.63, 3.8) is 0 Å². The van der Waals surface area contributed by atoms with Crippen molar-refractivity contribution >= 4 is 11.7 Å². The van der Waals surface area contributed by atoms with Gasteiger partial charge in [-0.05, 0) is 80.1 Å². The molecule has 5 rings (SSSR count). The van der Waals surface area contributed by atoms with Crippen LogP contribution in [-0.4, -0.2) is 98.9 Å². The summed E-state index contributed by atoms with van der Waals surface area (Å²) in [5.74, 6) is 0.344. The highest BCUT2D eigenvalue weighted by atomic mass is 19.1. The number of urea groups is 1. The number of halogens is 2. The van der Waals surface area contributed by atoms with E-state index >= 15 is 0 Å². The van der Waals surface area contributed by atoms with Gasteiger partial charge in [-0.25, -0.2) is 13.6 Å². The van der Waals surface area contributed by atoms with Gasteiger partial charge < -0.3 is 25.2 Å². The van der Waals surface area contributed by atoms with E-state index in [-0.39, 0.29) is 23.7 Å². The summed E-state index contributed by atoms with van der Waals surface area (Å²) in [6, 6.07) is 12.6. The third-order valence-corrected chi connectivity index (χ3v) is 8.61. The summed E-state index contributed by atoms with van der Waals surface area (Å²) in [6.45, 7) is 10.6. The Hall–Kier alpha value is -2.59. The van der Waals surface area contributed by atoms with Crippen LogP contribution in [0.5, 0.6) is 0 Å². The van der Waals surface area contributed by atoms with Crippen LogP contribution in [0.2, 0.25) is 0 Å². The van der Waals surface area contributed by atoms with Gasteiger partial charge >= 0.3 is 6.03 Å². The number of likely N-dealkylation sites (tertiary alicyclic amines) is 2. The van der Waals surface area contributed by atoms with Crippen molar-refractivity contribution in [2.45, 2.75) is 31.7 Å². The summed E-state index contributed by atoms with van der Waals surface area (Å²) in [7, 11) is 0. The average Bonchev–Trinajstić information content (AvgIpc) is 2.96. The fourth-order valence-electron chi connectivity index (χ4n) is 6.43. The van der Waals surface area contributed by atoms with E-state index in [0.717, 1.165) is 91.4 Å². The molecule has 3 aliphatic rings. The molecule has 2 N–H and O–H groups in total. The molecule has 7 nitrogen and oxygen atoms in total. The quantitative estimate of drug-likeness (QED) is 0.489. The summed E-state index contributed by atoms with van der Waals surface area (Å²) >= 11 is 0. The molecule has 1 unspecified atom stereocenters. The van der Waals surface area contributed by atoms with E-state index in [1.807, 2.05) is 12.1 Å². The highest BCUT2D eigenvalue weighted by molar-refractivity contribution is 5.89. The van der Waals surface area contributed by atoms with Crippen LogP contribution in [0, 0.1) is 23.5 Å². The van der Waals surface area contributed by atoms with Gasteiger partial charge in [0.1, 0.15) is 11.6 Å². The second-order valence-corrected chi connectivity index (χ2v) is 11.6. The zero-order valence-electron chi connectivity index (χ0n) is 23.4. The van der Waals surface area contributed by atoms with Gasteiger partial charge in [0.2, 0.25) is 0 Å². The van der Waals surface area contributed by atoms with Crippen LogP contribution < -0.4 is 10.6 Å². The lowest BCUT2D eigenvalue weighted by Crippen LogP contribution is -2.56. The van der Waals surface area contributed by atoms with Crippen molar-refractivity contribution in [1.82, 2.24) is 20.0 Å². The van der Waals surface area contributed by atoms with Crippen LogP contribution in [0.25, 0.3) is 0 Å². The average molecular weight is 556 g/mol. The molecule has 3 atom stereocenters. The van der Waals surface area contributed by atoms with Crippen LogP contribution in [0.15, 0.2) is 48.5 Å². The molecule has 0 radical (unpaired) electrons. The van der Waals surface area contributed by atoms with Crippen LogP contribution >= 0.6 is 0 Å². The topological polar surface area (TPSA) is 60.1 Å². The first kappa shape index (κ1) is 28.9. The number of rotatable bonds is 9. The largest absolute Gasteiger partial charge is 0.379 e. The first-order chi connectivity index (χ1) is 19.5. The number of piperidine rings is 2. The van der Waals surface area contributed by atoms with Crippen molar-refractivity contribution < 1.29 is 18.3 Å². The van der Waals surface area contributed by atoms with Crippen molar-refractivity contribution in [3.05, 3.63) is 65.7 Å². The van der Waals surface area contributed by atoms with E-state index in [4.69, 9.17) is 4.74 Å². The zero-order chi connectivity index (χ0) is 27.7. The summed E-state index contributed by atoms with van der Waals surface area (Å²) in [6.07, 6.45) is 4.21. The summed E-state index contributed by atoms with van der Waals surface area (Å²) in [4.78, 5) is 20.5. The van der Waals surface area contributed by atoms with E-state index < -0.39 is 0 Å². The Labute approximate surface area is 236 Å². The number of amides is 2. The fourth-order valence-corrected chi connectivity index (χ4v) is 6.43. The van der Waals surface area contributed by atoms with E-state index in [1.54, 1.807) is 24.3 Å². The summed E-state index contributed by atoms with van der Waals surface area (Å²) < 4.78 is 32.2. The number of hydrogen-bond acceptors (Lipinski definition) is 5. The minimum atomic E-state index is -0.324. The lowest BCUT2D eigenvalue weighted by Gasteiger charge is -2.43. The Balaban J connectivity index is 1.19. The molecular formula is C31H43F2N5O2. The number of carbonyl (C=O) groups excluding carboxylic acids is 1. The minimum Gasteiger partial charge on any atom is -0.379 e. The third kappa shape index (κ3) is 8.70. The number of benzene rings is 2. The molecule has 0 spiro atoms. The molecule has 9 heteroatoms. The Kier molecular flexibility index (Phi) is 10.4. The van der Waals surface area contributed by atoms with Gasteiger partial charge in [0.05, 0.1) is 13.2 Å². The number of anilines is 1. The van der Waals surface area contributed by atoms with Crippen LogP contribution in [0.4, 0.5) is 19.3 Å². The Morgan fingerprint density at radius 2 is 1.52 bits per heavy atom. The molecule has 3 heterocycles. The standard InChI is InChI=1S/C31H43F2N5O2/c32-27-5-3-24(4-6-27)20-25-2-1-12-38(21-25)23-26-22-37(15-14-36-16-18-40-19-17-36)13-11-30(26)35-31(39)34-29-9-7-28(33)8-10-29/h3-10,25-26,30H,1-2,11-23H2,(H2,34,35,39)/t25?,26-,30+/m0/s1. The highest BCUT2D eigenvalue weighted by Crippen LogP contribution is 2.25. The molecule has 3 aliphatic heterocycles. The fraction of sp³-hybridized carbons (Fsp3) is 0.581. The molecule has 3 fully saturated rings. The predicted molar refractivity (Wildman–Crippen MR) is 153 cm³/mol. The van der Waals surface area contributed by atoms with Crippen LogP contribution in [0.1, 0.15) is 24.8 Å². The van der Waals surface area contributed by atoms with Crippen molar-refractivity contribution in [2.24, 2.45) is 11.8 Å². The first-order valence-electron chi connectivity index (χ1n) is 14.8. The molecular weight excluding hydrogens is 512 g/mol. The van der Waals surface area contributed by atoms with Gasteiger partial charge in [-0.15, -0.1) is 0 Å². The summed E-state index contributed by atoms with van der Waals surface area (Å²) in [5.41, 5.74) is 1.77. The smallest absolute Gasteiger partial charge is 0.319 e. The van der Waals surface area contributed by atoms with Gasteiger partial charge in [0.15, 0.2) is 0 Å². The summed E-state index contributed by atoms with van der Waals surface area (Å²) in [5, 5.41) is 6.11. The molecule has 0 aromatic heterocycles. The second kappa shape index (κ2) is 14.3. The Morgan fingerprint density at radius 1 is 0.825 bits per heavy atom. The molecule has 0 aliphatic carbocycles. The molecule has 218 valence electrons. The minimum absolute atomic E-state index is 0.0672. The van der Waals surface area contributed by atoms with E-state index in [0.29, 0.717) is 17.5 Å². The third-order valence-electron chi connectivity index (χ3n) is 8.61. The number of nitrogens with zero attached hydrogens (tertiary/aromatic N) is 3. The van der Waals surface area contributed by atoms with E-state index in [2.05, 4.69) is 25.3 Å². The number of morpholine rings is 1. The zero-order valence-corrected chi connectivity index (χ0v) is 23.4. The van der Waals surface area contributed by atoms with Crippen molar-refractivity contribution in [3.8, 4) is 0 Å². The maximum atomic E-state index is 13.4. The Bertz CT molecular complexity index is 1060. The Morgan fingerprint density at radius 3 is 2.27 bits per heavy atom. The number of ether oxygens (including phenoxy) is 1. The SMILES string of the molecule is O=C(Nc1ccc(F)cc1)N[C@@H]1CCN(CCN2CCOCC2)C[C@H]1CN1CCCC(Cc2ccc(F)cc2)C1. The molecule has 2 amide bonds. The lowest BCUT2D eigenvalue weighted by molar-refractivity contribution is 0.0274. The predicted octanol–water partition coefficient (Wildman–Crippen LogP) is 4.06. The van der Waals surface area contributed by atoms with Gasteiger partial charge in [-0.2, -0.15) is 0 Å². The van der Waals surface area contributed by atoms with E-state index in [9.17, 15) is 13.6 Å². The molecule has 2 aromatic carbocycles. The van der Waals surface area contributed by atoms with Gasteiger partial charge in [0, 0.05) is 70.0 Å². The van der Waals surface area contributed by atoms with Crippen molar-refractivity contribution in [1.29, 1.82) is 0 Å². The molecule has 0 bridgehead atoms. The molecule has 40 heavy (non-hydrogen) atoms. The van der Waals surface area contributed by atoms with Crippen LogP contribution in [0.3, 0.4) is 0 Å². The maximum Gasteiger partial charge on any atom is 0.319 e. The second-order valence-electron chi connectivity index (χ2n) is 11.6. The molecule has 3 saturated heterocycles. The van der Waals surface area contributed by atoms with E-state index in [1.165, 1.54) is 24.1 Å². The van der Waals surface area contributed by atoms with Crippen LogP contribution in [-0.2, 0) is 11.2 Å². The van der Waals surface area contributed by atoms with Gasteiger partial charge in [-0.1, -0.05) is 12.1 Å². The number of carbonyl (C=O) groups is 1. The molecule has 2 aromatic rings. The monoisotopic (exact) mass is 555 g/mol. The molecule has 0 saturated carbocycles. The normalized spacial score (nSPS) is 25.0. The highest BCUT2D eigenvalue weighted by Gasteiger charge is 2.33. The van der Waals surface area contributed by atoms with Gasteiger partial charge in [0.25, 0.3) is 0 Å². The number of nitrogens with one attached hydrogen (secondary N) is 2.